The fourth-order valence-corrected chi connectivity index (χ4v) is 5.40. The molecule has 41 heavy (non-hydrogen) atoms. The van der Waals surface area contributed by atoms with Gasteiger partial charge in [-0.3, -0.25) is 14.9 Å². The second-order valence-electron chi connectivity index (χ2n) is 9.80. The molecular weight excluding hydrogens is 595 g/mol. The van der Waals surface area contributed by atoms with E-state index in [9.17, 15) is 19.3 Å². The van der Waals surface area contributed by atoms with E-state index in [4.69, 9.17) is 14.5 Å². The van der Waals surface area contributed by atoms with E-state index in [1.807, 2.05) is 12.1 Å². The molecule has 0 radical (unpaired) electrons. The number of fused-ring (bicyclic) bond motifs is 1. The Morgan fingerprint density at radius 3 is 2.68 bits per heavy atom. The van der Waals surface area contributed by atoms with Crippen LogP contribution in [-0.4, -0.2) is 27.4 Å². The van der Waals surface area contributed by atoms with Crippen LogP contribution in [0.2, 0.25) is 0 Å². The molecule has 212 valence electrons. The van der Waals surface area contributed by atoms with Gasteiger partial charge in [-0.2, -0.15) is 9.78 Å². The lowest BCUT2D eigenvalue weighted by atomic mass is 9.88. The molecule has 0 amide bonds. The maximum Gasteiger partial charge on any atom is 0.315 e. The molecule has 0 saturated heterocycles. The van der Waals surface area contributed by atoms with Gasteiger partial charge in [0.25, 0.3) is 5.56 Å². The highest BCUT2D eigenvalue weighted by Crippen LogP contribution is 2.39. The van der Waals surface area contributed by atoms with Crippen LogP contribution in [0.1, 0.15) is 61.9 Å². The van der Waals surface area contributed by atoms with Gasteiger partial charge >= 0.3 is 5.69 Å². The smallest absolute Gasteiger partial charge is 0.315 e. The van der Waals surface area contributed by atoms with Crippen molar-refractivity contribution in [2.45, 2.75) is 51.6 Å². The Balaban J connectivity index is 1.56. The molecule has 5 rings (SSSR count). The first-order chi connectivity index (χ1) is 19.8. The number of ether oxygens (including phenoxy) is 2. The first kappa shape index (κ1) is 28.4. The minimum atomic E-state index is -0.574. The van der Waals surface area contributed by atoms with Gasteiger partial charge < -0.3 is 9.47 Å². The summed E-state index contributed by atoms with van der Waals surface area (Å²) in [6, 6.07) is 14.0. The molecular formula is C30H28BrFN4O5. The van der Waals surface area contributed by atoms with E-state index in [-0.39, 0.29) is 41.9 Å². The van der Waals surface area contributed by atoms with E-state index < -0.39 is 10.7 Å². The summed E-state index contributed by atoms with van der Waals surface area (Å²) in [5.41, 5.74) is 0.794. The van der Waals surface area contributed by atoms with Crippen LogP contribution in [0.25, 0.3) is 10.9 Å². The Labute approximate surface area is 243 Å². The Bertz CT molecular complexity index is 1680. The third-order valence-corrected chi connectivity index (χ3v) is 7.45. The van der Waals surface area contributed by atoms with Crippen LogP contribution in [0.3, 0.4) is 0 Å². The lowest BCUT2D eigenvalue weighted by Crippen LogP contribution is -2.25. The largest absolute Gasteiger partial charge is 0.490 e. The van der Waals surface area contributed by atoms with Crippen LogP contribution in [0, 0.1) is 15.9 Å². The molecule has 1 saturated carbocycles. The summed E-state index contributed by atoms with van der Waals surface area (Å²) >= 11 is 3.42. The fourth-order valence-electron chi connectivity index (χ4n) is 5.04. The highest BCUT2D eigenvalue weighted by atomic mass is 79.9. The summed E-state index contributed by atoms with van der Waals surface area (Å²) < 4.78 is 27.1. The summed E-state index contributed by atoms with van der Waals surface area (Å²) in [6.45, 7) is 1.88. The number of nitrogens with zero attached hydrogens (tertiary/aromatic N) is 4. The van der Waals surface area contributed by atoms with Gasteiger partial charge in [0.05, 0.1) is 28.6 Å². The van der Waals surface area contributed by atoms with Crippen molar-refractivity contribution in [3.05, 3.63) is 102 Å². The van der Waals surface area contributed by atoms with Crippen molar-refractivity contribution in [3.63, 3.8) is 0 Å². The molecule has 0 N–H and O–H groups in total. The highest BCUT2D eigenvalue weighted by molar-refractivity contribution is 9.10. The molecule has 4 aromatic rings. The van der Waals surface area contributed by atoms with Crippen molar-refractivity contribution in [1.82, 2.24) is 9.66 Å². The molecule has 9 nitrogen and oxygen atoms in total. The van der Waals surface area contributed by atoms with Crippen molar-refractivity contribution in [3.8, 4) is 11.5 Å². The van der Waals surface area contributed by atoms with Gasteiger partial charge in [-0.15, -0.1) is 0 Å². The van der Waals surface area contributed by atoms with Crippen molar-refractivity contribution >= 4 is 38.7 Å². The molecule has 11 heteroatoms. The van der Waals surface area contributed by atoms with Crippen LogP contribution in [0.4, 0.5) is 10.1 Å². The van der Waals surface area contributed by atoms with E-state index in [2.05, 4.69) is 21.0 Å². The number of hydrogen-bond donors (Lipinski definition) is 0. The first-order valence-electron chi connectivity index (χ1n) is 13.4. The normalized spacial score (nSPS) is 14.0. The third kappa shape index (κ3) is 6.45. The topological polar surface area (TPSA) is 109 Å². The van der Waals surface area contributed by atoms with Crippen LogP contribution in [0.5, 0.6) is 11.5 Å². The SMILES string of the molecule is CCOc1cc(C=Nn2c(C3CCCCC3)nc3ccc(Br)cc3c2=O)cc([N+](=O)[O-])c1OCc1cccc(F)c1. The van der Waals surface area contributed by atoms with Gasteiger partial charge in [0, 0.05) is 22.0 Å². The van der Waals surface area contributed by atoms with Crippen molar-refractivity contribution in [2.24, 2.45) is 5.10 Å². The van der Waals surface area contributed by atoms with E-state index >= 15 is 0 Å². The van der Waals surface area contributed by atoms with Gasteiger partial charge in [-0.05, 0) is 61.7 Å². The molecule has 1 fully saturated rings. The molecule has 0 aliphatic heterocycles. The zero-order chi connectivity index (χ0) is 28.9. The first-order valence-corrected chi connectivity index (χ1v) is 14.2. The molecule has 3 aromatic carbocycles. The second kappa shape index (κ2) is 12.6. The van der Waals surface area contributed by atoms with E-state index in [1.54, 1.807) is 25.1 Å². The summed E-state index contributed by atoms with van der Waals surface area (Å²) in [5.74, 6) is 0.287. The summed E-state index contributed by atoms with van der Waals surface area (Å²) in [4.78, 5) is 29.9. The minimum Gasteiger partial charge on any atom is -0.490 e. The standard InChI is InChI=1S/C30H28BrFN4O5/c1-2-40-27-15-20(14-26(36(38)39)28(27)41-18-19-7-6-10-23(32)13-19)17-33-35-29(21-8-4-3-5-9-21)34-25-12-11-22(31)16-24(25)30(35)37/h6-7,10-17,21H,2-5,8-9,18H2,1H3. The van der Waals surface area contributed by atoms with Crippen molar-refractivity contribution in [2.75, 3.05) is 6.61 Å². The minimum absolute atomic E-state index is 0.0736. The van der Waals surface area contributed by atoms with Crippen LogP contribution >= 0.6 is 15.9 Å². The van der Waals surface area contributed by atoms with Crippen molar-refractivity contribution < 1.29 is 18.8 Å². The molecule has 1 aromatic heterocycles. The Morgan fingerprint density at radius 1 is 1.15 bits per heavy atom. The zero-order valence-electron chi connectivity index (χ0n) is 22.4. The molecule has 1 heterocycles. The Morgan fingerprint density at radius 2 is 1.95 bits per heavy atom. The Hall–Kier alpha value is -4.12. The maximum atomic E-state index is 13.6. The predicted octanol–water partition coefficient (Wildman–Crippen LogP) is 7.11. The quantitative estimate of drug-likeness (QED) is 0.112. The molecule has 0 unspecified atom stereocenters. The maximum absolute atomic E-state index is 13.6. The molecule has 1 aliphatic rings. The lowest BCUT2D eigenvalue weighted by molar-refractivity contribution is -0.386. The molecule has 0 bridgehead atoms. The van der Waals surface area contributed by atoms with E-state index in [0.29, 0.717) is 27.9 Å². The summed E-state index contributed by atoms with van der Waals surface area (Å²) in [5, 5.41) is 17.0. The van der Waals surface area contributed by atoms with Gasteiger partial charge in [0.2, 0.25) is 5.75 Å². The number of aromatic nitrogens is 2. The summed E-state index contributed by atoms with van der Waals surface area (Å²) in [6.07, 6.45) is 6.43. The average Bonchev–Trinajstić information content (AvgIpc) is 2.96. The number of rotatable bonds is 9. The van der Waals surface area contributed by atoms with Crippen LogP contribution < -0.4 is 15.0 Å². The van der Waals surface area contributed by atoms with E-state index in [1.165, 1.54) is 35.2 Å². The Kier molecular flexibility index (Phi) is 8.72. The lowest BCUT2D eigenvalue weighted by Gasteiger charge is -2.22. The zero-order valence-corrected chi connectivity index (χ0v) is 24.0. The fraction of sp³-hybridized carbons (Fsp3) is 0.300. The number of nitro groups is 1. The summed E-state index contributed by atoms with van der Waals surface area (Å²) in [7, 11) is 0. The van der Waals surface area contributed by atoms with Gasteiger partial charge in [0.1, 0.15) is 18.2 Å². The number of hydrogen-bond acceptors (Lipinski definition) is 7. The van der Waals surface area contributed by atoms with Crippen molar-refractivity contribution in [1.29, 1.82) is 0 Å². The average molecular weight is 623 g/mol. The van der Waals surface area contributed by atoms with E-state index in [0.717, 1.165) is 36.6 Å². The van der Waals surface area contributed by atoms with Gasteiger partial charge in [-0.25, -0.2) is 9.37 Å². The molecule has 0 spiro atoms. The van der Waals surface area contributed by atoms with Gasteiger partial charge in [-0.1, -0.05) is 47.3 Å². The second-order valence-corrected chi connectivity index (χ2v) is 10.7. The monoisotopic (exact) mass is 622 g/mol. The number of nitro benzene ring substituents is 1. The number of halogens is 2. The highest BCUT2D eigenvalue weighted by Gasteiger charge is 2.24. The van der Waals surface area contributed by atoms with Crippen LogP contribution in [0.15, 0.2) is 69.0 Å². The number of benzene rings is 3. The van der Waals surface area contributed by atoms with Crippen LogP contribution in [-0.2, 0) is 6.61 Å². The molecule has 1 aliphatic carbocycles. The predicted molar refractivity (Wildman–Crippen MR) is 158 cm³/mol. The molecule has 0 atom stereocenters. The third-order valence-electron chi connectivity index (χ3n) is 6.95. The van der Waals surface area contributed by atoms with Gasteiger partial charge in [0.15, 0.2) is 5.75 Å².